The maximum Gasteiger partial charge on any atom is 0.262 e. The predicted octanol–water partition coefficient (Wildman–Crippen LogP) is 3.29. The van der Waals surface area contributed by atoms with Crippen LogP contribution in [0.2, 0.25) is 0 Å². The molecule has 0 unspecified atom stereocenters. The molecule has 1 heterocycles. The lowest BCUT2D eigenvalue weighted by atomic mass is 10.2. The van der Waals surface area contributed by atoms with Gasteiger partial charge in [0.05, 0.1) is 19.1 Å². The Labute approximate surface area is 140 Å². The summed E-state index contributed by atoms with van der Waals surface area (Å²) in [6.45, 7) is 1.71. The van der Waals surface area contributed by atoms with E-state index in [9.17, 15) is 8.42 Å². The molecule has 0 saturated carbocycles. The number of ether oxygens (including phenoxy) is 2. The molecule has 0 aliphatic carbocycles. The molecule has 3 rings (SSSR count). The van der Waals surface area contributed by atoms with Crippen LogP contribution in [0.1, 0.15) is 5.56 Å². The van der Waals surface area contributed by atoms with E-state index in [2.05, 4.69) is 9.71 Å². The van der Waals surface area contributed by atoms with E-state index in [4.69, 9.17) is 9.47 Å². The van der Waals surface area contributed by atoms with E-state index in [1.54, 1.807) is 31.3 Å². The van der Waals surface area contributed by atoms with Crippen molar-refractivity contribution in [2.75, 3.05) is 18.9 Å². The largest absolute Gasteiger partial charge is 0.493 e. The molecule has 0 saturated heterocycles. The molecule has 2 N–H and O–H groups in total. The second-order valence-electron chi connectivity index (χ2n) is 5.36. The lowest BCUT2D eigenvalue weighted by Crippen LogP contribution is -2.14. The summed E-state index contributed by atoms with van der Waals surface area (Å²) in [5.41, 5.74) is 2.01. The first kappa shape index (κ1) is 16.2. The van der Waals surface area contributed by atoms with Crippen LogP contribution in [-0.4, -0.2) is 27.6 Å². The van der Waals surface area contributed by atoms with E-state index >= 15 is 0 Å². The van der Waals surface area contributed by atoms with Crippen LogP contribution in [0.5, 0.6) is 11.5 Å². The van der Waals surface area contributed by atoms with E-state index in [1.807, 2.05) is 12.1 Å². The minimum Gasteiger partial charge on any atom is -0.493 e. The van der Waals surface area contributed by atoms with E-state index in [0.717, 1.165) is 10.9 Å². The highest BCUT2D eigenvalue weighted by atomic mass is 32.2. The van der Waals surface area contributed by atoms with Crippen LogP contribution in [0, 0.1) is 6.92 Å². The number of aromatic nitrogens is 1. The Bertz CT molecular complexity index is 993. The van der Waals surface area contributed by atoms with Gasteiger partial charge in [0.1, 0.15) is 0 Å². The van der Waals surface area contributed by atoms with Crippen molar-refractivity contribution in [1.82, 2.24) is 4.98 Å². The summed E-state index contributed by atoms with van der Waals surface area (Å²) < 4.78 is 38.5. The Balaban J connectivity index is 2.00. The number of hydrogen-bond acceptors (Lipinski definition) is 4. The van der Waals surface area contributed by atoms with Gasteiger partial charge in [-0.1, -0.05) is 0 Å². The zero-order valence-electron chi connectivity index (χ0n) is 13.6. The van der Waals surface area contributed by atoms with Gasteiger partial charge < -0.3 is 14.5 Å². The number of H-pyrrole nitrogens is 1. The molecule has 126 valence electrons. The maximum absolute atomic E-state index is 12.7. The van der Waals surface area contributed by atoms with Crippen LogP contribution in [0.25, 0.3) is 10.9 Å². The average molecular weight is 346 g/mol. The van der Waals surface area contributed by atoms with E-state index in [1.165, 1.54) is 20.3 Å². The topological polar surface area (TPSA) is 80.4 Å². The minimum absolute atomic E-state index is 0.148. The number of fused-ring (bicyclic) bond motifs is 1. The Morgan fingerprint density at radius 3 is 2.42 bits per heavy atom. The van der Waals surface area contributed by atoms with Crippen LogP contribution in [0.15, 0.2) is 47.5 Å². The van der Waals surface area contributed by atoms with Crippen LogP contribution in [-0.2, 0) is 10.0 Å². The predicted molar refractivity (Wildman–Crippen MR) is 93.4 cm³/mol. The van der Waals surface area contributed by atoms with Crippen LogP contribution in [0.4, 0.5) is 5.69 Å². The maximum atomic E-state index is 12.7. The number of sulfonamides is 1. The molecule has 0 fully saturated rings. The molecule has 0 spiro atoms. The van der Waals surface area contributed by atoms with Crippen molar-refractivity contribution in [3.8, 4) is 11.5 Å². The Kier molecular flexibility index (Phi) is 4.11. The number of hydrogen-bond donors (Lipinski definition) is 2. The molecule has 0 amide bonds. The molecule has 0 radical (unpaired) electrons. The molecule has 0 aliphatic heterocycles. The monoisotopic (exact) mass is 346 g/mol. The lowest BCUT2D eigenvalue weighted by Gasteiger charge is -2.14. The Morgan fingerprint density at radius 2 is 1.71 bits per heavy atom. The molecular formula is C17H18N2O4S. The summed E-state index contributed by atoms with van der Waals surface area (Å²) in [4.78, 5) is 3.22. The van der Waals surface area contributed by atoms with Crippen LogP contribution < -0.4 is 14.2 Å². The van der Waals surface area contributed by atoms with Gasteiger partial charge in [-0.2, -0.15) is 0 Å². The van der Waals surface area contributed by atoms with Gasteiger partial charge in [-0.25, -0.2) is 8.42 Å². The highest BCUT2D eigenvalue weighted by Crippen LogP contribution is 2.33. The molecule has 0 atom stereocenters. The number of rotatable bonds is 5. The van der Waals surface area contributed by atoms with Gasteiger partial charge in [0, 0.05) is 28.9 Å². The van der Waals surface area contributed by atoms with E-state index in [0.29, 0.717) is 22.7 Å². The average Bonchev–Trinajstić information content (AvgIpc) is 3.01. The number of methoxy groups -OCH3 is 2. The van der Waals surface area contributed by atoms with E-state index in [-0.39, 0.29) is 4.90 Å². The standard InChI is InChI=1S/C17H18N2O4S/c1-11-8-15(22-2)16(23-3)10-17(11)24(20,21)19-13-4-5-14-12(9-13)6-7-18-14/h4-10,18-19H,1-3H3. The molecule has 1 aromatic heterocycles. The van der Waals surface area contributed by atoms with E-state index < -0.39 is 10.0 Å². The first-order valence-corrected chi connectivity index (χ1v) is 8.75. The molecule has 24 heavy (non-hydrogen) atoms. The second-order valence-corrected chi connectivity index (χ2v) is 7.01. The lowest BCUT2D eigenvalue weighted by molar-refractivity contribution is 0.353. The fourth-order valence-corrected chi connectivity index (χ4v) is 3.87. The molecule has 0 aliphatic rings. The van der Waals surface area contributed by atoms with Crippen molar-refractivity contribution in [2.45, 2.75) is 11.8 Å². The van der Waals surface area contributed by atoms with Gasteiger partial charge in [-0.05, 0) is 42.8 Å². The molecule has 7 heteroatoms. The van der Waals surface area contributed by atoms with Crippen LogP contribution in [0.3, 0.4) is 0 Å². The third kappa shape index (κ3) is 2.90. The summed E-state index contributed by atoms with van der Waals surface area (Å²) in [5.74, 6) is 0.854. The zero-order valence-corrected chi connectivity index (χ0v) is 14.4. The molecule has 6 nitrogen and oxygen atoms in total. The van der Waals surface area contributed by atoms with Crippen LogP contribution >= 0.6 is 0 Å². The quantitative estimate of drug-likeness (QED) is 0.743. The van der Waals surface area contributed by atoms with Crippen molar-refractivity contribution in [3.63, 3.8) is 0 Å². The molecular weight excluding hydrogens is 328 g/mol. The van der Waals surface area contributed by atoms with Crippen molar-refractivity contribution in [3.05, 3.63) is 48.2 Å². The van der Waals surface area contributed by atoms with Gasteiger partial charge in [0.25, 0.3) is 10.0 Å². The third-order valence-electron chi connectivity index (χ3n) is 3.78. The van der Waals surface area contributed by atoms with Gasteiger partial charge in [0.15, 0.2) is 11.5 Å². The van der Waals surface area contributed by atoms with Crippen molar-refractivity contribution in [1.29, 1.82) is 0 Å². The number of nitrogens with one attached hydrogen (secondary N) is 2. The minimum atomic E-state index is -3.75. The first-order valence-electron chi connectivity index (χ1n) is 7.27. The smallest absolute Gasteiger partial charge is 0.262 e. The first-order chi connectivity index (χ1) is 11.4. The van der Waals surface area contributed by atoms with Crippen molar-refractivity contribution < 1.29 is 17.9 Å². The Morgan fingerprint density at radius 1 is 1.00 bits per heavy atom. The summed E-state index contributed by atoms with van der Waals surface area (Å²) >= 11 is 0. The van der Waals surface area contributed by atoms with Gasteiger partial charge in [-0.3, -0.25) is 4.72 Å². The fraction of sp³-hybridized carbons (Fsp3) is 0.176. The number of aromatic amines is 1. The van der Waals surface area contributed by atoms with Gasteiger partial charge in [0.2, 0.25) is 0 Å². The number of anilines is 1. The zero-order chi connectivity index (χ0) is 17.3. The highest BCUT2D eigenvalue weighted by molar-refractivity contribution is 7.92. The van der Waals surface area contributed by atoms with Gasteiger partial charge in [-0.15, -0.1) is 0 Å². The van der Waals surface area contributed by atoms with Gasteiger partial charge >= 0.3 is 0 Å². The van der Waals surface area contributed by atoms with Crippen molar-refractivity contribution in [2.24, 2.45) is 0 Å². The Hall–Kier alpha value is -2.67. The second kappa shape index (κ2) is 6.09. The molecule has 0 bridgehead atoms. The molecule has 2 aromatic carbocycles. The number of benzene rings is 2. The summed E-state index contributed by atoms with van der Waals surface area (Å²) in [5, 5.41) is 0.930. The molecule has 3 aromatic rings. The fourth-order valence-electron chi connectivity index (χ4n) is 2.58. The number of aryl methyl sites for hydroxylation is 1. The highest BCUT2D eigenvalue weighted by Gasteiger charge is 2.20. The SMILES string of the molecule is COc1cc(C)c(S(=O)(=O)Nc2ccc3[nH]ccc3c2)cc1OC. The summed E-state index contributed by atoms with van der Waals surface area (Å²) in [6, 6.07) is 10.3. The normalized spacial score (nSPS) is 11.5. The third-order valence-corrected chi connectivity index (χ3v) is 5.30. The summed E-state index contributed by atoms with van der Waals surface area (Å²) in [7, 11) is -0.770. The van der Waals surface area contributed by atoms with Crippen molar-refractivity contribution >= 4 is 26.6 Å². The summed E-state index contributed by atoms with van der Waals surface area (Å²) in [6.07, 6.45) is 1.81.